The third-order valence-electron chi connectivity index (χ3n) is 4.87. The highest BCUT2D eigenvalue weighted by molar-refractivity contribution is 6.09. The number of nitrogens with zero attached hydrogens (tertiary/aromatic N) is 3. The lowest BCUT2D eigenvalue weighted by atomic mass is 9.91. The predicted molar refractivity (Wildman–Crippen MR) is 89.2 cm³/mol. The normalized spacial score (nSPS) is 23.4. The summed E-state index contributed by atoms with van der Waals surface area (Å²) in [6.45, 7) is 2.72. The van der Waals surface area contributed by atoms with Crippen molar-refractivity contribution in [2.75, 3.05) is 19.6 Å². The van der Waals surface area contributed by atoms with Gasteiger partial charge < -0.3 is 10.2 Å². The average molecular weight is 340 g/mol. The minimum Gasteiger partial charge on any atom is -0.341 e. The summed E-state index contributed by atoms with van der Waals surface area (Å²) < 4.78 is 0. The number of carbonyl (C=O) groups is 3. The van der Waals surface area contributed by atoms with Gasteiger partial charge in [0, 0.05) is 13.1 Å². The van der Waals surface area contributed by atoms with E-state index >= 15 is 0 Å². The van der Waals surface area contributed by atoms with E-state index in [1.54, 1.807) is 36.1 Å². The molecular weight excluding hydrogens is 320 g/mol. The molecule has 0 spiro atoms. The molecule has 130 valence electrons. The fourth-order valence-corrected chi connectivity index (χ4v) is 3.29. The molecule has 2 aliphatic rings. The van der Waals surface area contributed by atoms with Crippen molar-refractivity contribution >= 4 is 17.8 Å². The van der Waals surface area contributed by atoms with E-state index in [1.807, 2.05) is 6.07 Å². The Balaban J connectivity index is 1.76. The molecule has 4 amide bonds. The molecule has 3 rings (SSSR count). The molecule has 1 N–H and O–H groups in total. The van der Waals surface area contributed by atoms with Gasteiger partial charge in [-0.15, -0.1) is 0 Å². The van der Waals surface area contributed by atoms with Crippen LogP contribution in [-0.4, -0.2) is 47.3 Å². The van der Waals surface area contributed by atoms with Crippen molar-refractivity contribution in [2.45, 2.75) is 31.7 Å². The Morgan fingerprint density at radius 2 is 1.84 bits per heavy atom. The van der Waals surface area contributed by atoms with E-state index in [4.69, 9.17) is 5.26 Å². The molecule has 1 aromatic rings. The summed E-state index contributed by atoms with van der Waals surface area (Å²) in [6.07, 6.45) is 3.01. The summed E-state index contributed by atoms with van der Waals surface area (Å²) in [5.74, 6) is -0.653. The van der Waals surface area contributed by atoms with Gasteiger partial charge in [0.25, 0.3) is 5.91 Å². The topological polar surface area (TPSA) is 93.5 Å². The van der Waals surface area contributed by atoms with Crippen molar-refractivity contribution in [3.05, 3.63) is 35.4 Å². The van der Waals surface area contributed by atoms with Crippen LogP contribution in [0.1, 0.15) is 37.3 Å². The van der Waals surface area contributed by atoms with Gasteiger partial charge in [0.15, 0.2) is 0 Å². The second-order valence-electron chi connectivity index (χ2n) is 6.58. The number of hydrogen-bond donors (Lipinski definition) is 1. The van der Waals surface area contributed by atoms with E-state index in [0.29, 0.717) is 24.2 Å². The molecule has 2 saturated heterocycles. The number of rotatable bonds is 3. The Morgan fingerprint density at radius 1 is 1.20 bits per heavy atom. The number of carbonyl (C=O) groups excluding carboxylic acids is 3. The number of nitrogens with one attached hydrogen (secondary N) is 1. The number of nitriles is 1. The number of likely N-dealkylation sites (tertiary alicyclic amines) is 1. The van der Waals surface area contributed by atoms with Crippen LogP contribution in [0.2, 0.25) is 0 Å². The van der Waals surface area contributed by atoms with Crippen LogP contribution < -0.4 is 5.32 Å². The molecule has 1 aromatic carbocycles. The Hall–Kier alpha value is -2.88. The molecular formula is C18H20N4O3. The fourth-order valence-electron chi connectivity index (χ4n) is 3.29. The number of urea groups is 1. The van der Waals surface area contributed by atoms with E-state index in [2.05, 4.69) is 5.32 Å². The maximum Gasteiger partial charge on any atom is 0.325 e. The van der Waals surface area contributed by atoms with Crippen LogP contribution in [0.25, 0.3) is 0 Å². The van der Waals surface area contributed by atoms with Crippen molar-refractivity contribution in [2.24, 2.45) is 0 Å². The molecule has 1 atom stereocenters. The number of benzene rings is 1. The van der Waals surface area contributed by atoms with Gasteiger partial charge in [-0.1, -0.05) is 12.1 Å². The molecule has 2 aliphatic heterocycles. The van der Waals surface area contributed by atoms with Crippen LogP contribution in [-0.2, 0) is 15.1 Å². The Bertz CT molecular complexity index is 747. The Kier molecular flexibility index (Phi) is 4.45. The van der Waals surface area contributed by atoms with Gasteiger partial charge in [-0.2, -0.15) is 5.26 Å². The van der Waals surface area contributed by atoms with Crippen LogP contribution in [0.4, 0.5) is 4.79 Å². The summed E-state index contributed by atoms with van der Waals surface area (Å²) in [6, 6.07) is 7.94. The van der Waals surface area contributed by atoms with E-state index in [9.17, 15) is 14.4 Å². The van der Waals surface area contributed by atoms with Gasteiger partial charge in [-0.05, 0) is 43.9 Å². The van der Waals surface area contributed by atoms with Crippen LogP contribution in [0.3, 0.4) is 0 Å². The summed E-state index contributed by atoms with van der Waals surface area (Å²) in [7, 11) is 0. The maximum atomic E-state index is 12.8. The van der Waals surface area contributed by atoms with Crippen LogP contribution in [0.15, 0.2) is 24.3 Å². The minimum atomic E-state index is -1.23. The van der Waals surface area contributed by atoms with E-state index in [-0.39, 0.29) is 12.5 Å². The number of piperidine rings is 1. The first kappa shape index (κ1) is 17.0. The quantitative estimate of drug-likeness (QED) is 0.840. The highest BCUT2D eigenvalue weighted by atomic mass is 16.2. The second kappa shape index (κ2) is 6.55. The van der Waals surface area contributed by atoms with Crippen molar-refractivity contribution in [3.63, 3.8) is 0 Å². The second-order valence-corrected chi connectivity index (χ2v) is 6.58. The summed E-state index contributed by atoms with van der Waals surface area (Å²) in [4.78, 5) is 40.2. The fraction of sp³-hybridized carbons (Fsp3) is 0.444. The molecule has 1 unspecified atom stereocenters. The van der Waals surface area contributed by atoms with Gasteiger partial charge in [0.2, 0.25) is 5.91 Å². The molecule has 2 fully saturated rings. The summed E-state index contributed by atoms with van der Waals surface area (Å²) >= 11 is 0. The van der Waals surface area contributed by atoms with Gasteiger partial charge >= 0.3 is 6.03 Å². The first-order valence-electron chi connectivity index (χ1n) is 8.38. The zero-order valence-electron chi connectivity index (χ0n) is 14.1. The van der Waals surface area contributed by atoms with Crippen LogP contribution >= 0.6 is 0 Å². The average Bonchev–Trinajstić information content (AvgIpc) is 2.86. The maximum absolute atomic E-state index is 12.8. The van der Waals surface area contributed by atoms with Crippen molar-refractivity contribution in [3.8, 4) is 6.07 Å². The largest absolute Gasteiger partial charge is 0.341 e. The van der Waals surface area contributed by atoms with Crippen molar-refractivity contribution < 1.29 is 14.4 Å². The van der Waals surface area contributed by atoms with Gasteiger partial charge in [-0.3, -0.25) is 14.5 Å². The van der Waals surface area contributed by atoms with Gasteiger partial charge in [0.05, 0.1) is 11.6 Å². The first-order valence-corrected chi connectivity index (χ1v) is 8.38. The Morgan fingerprint density at radius 3 is 2.44 bits per heavy atom. The first-order chi connectivity index (χ1) is 12.0. The SMILES string of the molecule is CC1(c2ccc(C#N)cc2)NC(=O)N(CC(=O)N2CCCCC2)C1=O. The number of hydrogen-bond acceptors (Lipinski definition) is 4. The lowest BCUT2D eigenvalue weighted by molar-refractivity contribution is -0.139. The zero-order chi connectivity index (χ0) is 18.0. The molecule has 2 heterocycles. The summed E-state index contributed by atoms with van der Waals surface area (Å²) in [5.41, 5.74) is -0.174. The molecule has 0 bridgehead atoms. The third-order valence-corrected chi connectivity index (χ3v) is 4.87. The monoisotopic (exact) mass is 340 g/mol. The minimum absolute atomic E-state index is 0.202. The third kappa shape index (κ3) is 3.07. The number of imide groups is 1. The smallest absolute Gasteiger partial charge is 0.325 e. The number of amides is 4. The lowest BCUT2D eigenvalue weighted by Gasteiger charge is -2.28. The predicted octanol–water partition coefficient (Wildman–Crippen LogP) is 1.34. The van der Waals surface area contributed by atoms with Crippen molar-refractivity contribution in [1.29, 1.82) is 5.26 Å². The van der Waals surface area contributed by atoms with E-state index < -0.39 is 17.5 Å². The zero-order valence-corrected chi connectivity index (χ0v) is 14.1. The van der Waals surface area contributed by atoms with Crippen molar-refractivity contribution in [1.82, 2.24) is 15.1 Å². The van der Waals surface area contributed by atoms with E-state index in [1.165, 1.54) is 0 Å². The lowest BCUT2D eigenvalue weighted by Crippen LogP contribution is -2.45. The molecule has 0 radical (unpaired) electrons. The van der Waals surface area contributed by atoms with Crippen LogP contribution in [0, 0.1) is 11.3 Å². The van der Waals surface area contributed by atoms with Crippen LogP contribution in [0.5, 0.6) is 0 Å². The van der Waals surface area contributed by atoms with E-state index in [0.717, 1.165) is 24.2 Å². The van der Waals surface area contributed by atoms with Gasteiger partial charge in [-0.25, -0.2) is 4.79 Å². The highest BCUT2D eigenvalue weighted by Crippen LogP contribution is 2.29. The molecule has 0 aliphatic carbocycles. The Labute approximate surface area is 146 Å². The molecule has 7 nitrogen and oxygen atoms in total. The summed E-state index contributed by atoms with van der Waals surface area (Å²) in [5, 5.41) is 11.6. The highest BCUT2D eigenvalue weighted by Gasteiger charge is 2.49. The standard InChI is InChI=1S/C18H20N4O3/c1-18(14-7-5-13(11-19)6-8-14)16(24)22(17(25)20-18)12-15(23)21-9-3-2-4-10-21/h5-8H,2-4,9-10,12H2,1H3,(H,20,25). The van der Waals surface area contributed by atoms with Gasteiger partial charge in [0.1, 0.15) is 12.1 Å². The molecule has 25 heavy (non-hydrogen) atoms. The molecule has 0 aromatic heterocycles. The molecule has 0 saturated carbocycles. The molecule has 7 heteroatoms.